The molecule has 0 saturated carbocycles. The summed E-state index contributed by atoms with van der Waals surface area (Å²) in [5.74, 6) is 0. The Balaban J connectivity index is 3.85. The molecule has 5 heteroatoms. The molecule has 0 saturated heterocycles. The number of hydrogen-bond donors (Lipinski definition) is 0. The highest BCUT2D eigenvalue weighted by molar-refractivity contribution is 6.84. The van der Waals surface area contributed by atoms with Crippen LogP contribution in [0.3, 0.4) is 0 Å². The minimum absolute atomic E-state index is 0.751. The molecule has 3 nitrogen and oxygen atoms in total. The number of rotatable bonds is 28. The molecule has 0 aliphatic carbocycles. The Morgan fingerprint density at radius 1 is 0.457 bits per heavy atom. The van der Waals surface area contributed by atoms with Gasteiger partial charge >= 0.3 is 17.1 Å². The highest BCUT2D eigenvalue weighted by Gasteiger charge is 2.39. The molecule has 2 unspecified atom stereocenters. The predicted octanol–water partition coefficient (Wildman–Crippen LogP) is 10.5. The summed E-state index contributed by atoms with van der Waals surface area (Å²) in [7, 11) is -4.88. The van der Waals surface area contributed by atoms with Crippen LogP contribution in [0.5, 0.6) is 0 Å². The second kappa shape index (κ2) is 24.1. The fraction of sp³-hybridized carbons (Fsp3) is 0.867. The smallest absolute Gasteiger partial charge is 0.352 e. The molecular weight excluding hydrogens is 464 g/mol. The van der Waals surface area contributed by atoms with Crippen molar-refractivity contribution in [3.63, 3.8) is 0 Å². The van der Waals surface area contributed by atoms with E-state index in [0.29, 0.717) is 0 Å². The van der Waals surface area contributed by atoms with Gasteiger partial charge in [-0.3, -0.25) is 0 Å². The van der Waals surface area contributed by atoms with Gasteiger partial charge < -0.3 is 13.0 Å². The molecule has 0 N–H and O–H groups in total. The molecule has 208 valence electrons. The van der Waals surface area contributed by atoms with Gasteiger partial charge in [-0.2, -0.15) is 0 Å². The fourth-order valence-electron chi connectivity index (χ4n) is 4.39. The first-order valence-corrected chi connectivity index (χ1v) is 20.0. The van der Waals surface area contributed by atoms with Crippen molar-refractivity contribution in [3.8, 4) is 0 Å². The van der Waals surface area contributed by atoms with Crippen molar-refractivity contribution in [2.75, 3.05) is 13.2 Å². The second-order valence-corrected chi connectivity index (χ2v) is 16.9. The molecule has 2 atom stereocenters. The molecule has 0 amide bonds. The molecule has 0 bridgehead atoms. The topological polar surface area (TPSA) is 27.7 Å². The molecule has 0 radical (unpaired) electrons. The third kappa shape index (κ3) is 21.6. The third-order valence-electron chi connectivity index (χ3n) is 6.92. The van der Waals surface area contributed by atoms with E-state index in [1.54, 1.807) is 0 Å². The first-order valence-electron chi connectivity index (χ1n) is 15.2. The van der Waals surface area contributed by atoms with Crippen molar-refractivity contribution < 1.29 is 13.0 Å². The van der Waals surface area contributed by atoms with Crippen molar-refractivity contribution in [3.05, 3.63) is 24.6 Å². The van der Waals surface area contributed by atoms with Gasteiger partial charge in [0, 0.05) is 13.2 Å². The Hall–Kier alpha value is -0.206. The summed E-state index contributed by atoms with van der Waals surface area (Å²) in [6, 6.07) is 0. The molecular formula is C30H62O3Si2. The van der Waals surface area contributed by atoms with E-state index in [4.69, 9.17) is 13.0 Å². The highest BCUT2D eigenvalue weighted by atomic mass is 28.5. The second-order valence-electron chi connectivity index (χ2n) is 10.6. The number of unbranched alkanes of at least 4 members (excludes halogenated alkanes) is 18. The zero-order valence-electron chi connectivity index (χ0n) is 24.4. The molecule has 0 heterocycles. The van der Waals surface area contributed by atoms with Gasteiger partial charge in [0.05, 0.1) is 0 Å². The van der Waals surface area contributed by atoms with Crippen molar-refractivity contribution in [1.82, 2.24) is 0 Å². The molecule has 35 heavy (non-hydrogen) atoms. The van der Waals surface area contributed by atoms with E-state index < -0.39 is 17.1 Å². The van der Waals surface area contributed by atoms with Gasteiger partial charge in [-0.25, -0.2) is 0 Å². The van der Waals surface area contributed by atoms with Crippen molar-refractivity contribution >= 4 is 17.1 Å². The summed E-state index contributed by atoms with van der Waals surface area (Å²) in [4.78, 5) is 0. The lowest BCUT2D eigenvalue weighted by Gasteiger charge is -2.33. The average molecular weight is 527 g/mol. The van der Waals surface area contributed by atoms with E-state index in [1.165, 1.54) is 116 Å². The van der Waals surface area contributed by atoms with Gasteiger partial charge in [0.25, 0.3) is 0 Å². The van der Waals surface area contributed by atoms with Crippen LogP contribution in [-0.4, -0.2) is 30.3 Å². The van der Waals surface area contributed by atoms with Crippen LogP contribution in [-0.2, 0) is 13.0 Å². The van der Waals surface area contributed by atoms with Crippen LogP contribution in [0.15, 0.2) is 24.6 Å². The molecule has 0 aromatic rings. The predicted molar refractivity (Wildman–Crippen MR) is 160 cm³/mol. The lowest BCUT2D eigenvalue weighted by Crippen LogP contribution is -2.50. The normalized spacial score (nSPS) is 15.0. The summed E-state index contributed by atoms with van der Waals surface area (Å²) in [6.07, 6.45) is 26.7. The van der Waals surface area contributed by atoms with Crippen LogP contribution < -0.4 is 0 Å². The summed E-state index contributed by atoms with van der Waals surface area (Å²) in [5, 5.41) is 0. The Morgan fingerprint density at radius 2 is 0.714 bits per heavy atom. The van der Waals surface area contributed by atoms with Crippen LogP contribution in [0.1, 0.15) is 142 Å². The maximum absolute atomic E-state index is 6.49. The number of hydrogen-bond acceptors (Lipinski definition) is 3. The standard InChI is InChI=1S/C30H62O3Si2/c1-7-11-13-15-17-18-19-20-21-22-23-24-26-28-30-32-35(6,10-4)33-34(5,9-3)31-29-27-25-16-14-12-8-2/h9-10H,3-4,7-8,11-30H2,1-2,5-6H3. The van der Waals surface area contributed by atoms with E-state index in [1.807, 2.05) is 11.4 Å². The first-order chi connectivity index (χ1) is 16.9. The monoisotopic (exact) mass is 526 g/mol. The van der Waals surface area contributed by atoms with Crippen molar-refractivity contribution in [2.24, 2.45) is 0 Å². The molecule has 0 aliphatic heterocycles. The minimum Gasteiger partial charge on any atom is -0.409 e. The van der Waals surface area contributed by atoms with Gasteiger partial charge in [-0.05, 0) is 25.9 Å². The van der Waals surface area contributed by atoms with Gasteiger partial charge in [-0.15, -0.1) is 13.2 Å². The van der Waals surface area contributed by atoms with E-state index >= 15 is 0 Å². The van der Waals surface area contributed by atoms with E-state index in [2.05, 4.69) is 40.1 Å². The van der Waals surface area contributed by atoms with Crippen LogP contribution in [0, 0.1) is 0 Å². The molecule has 0 rings (SSSR count). The summed E-state index contributed by atoms with van der Waals surface area (Å²) in [5.41, 5.74) is 3.80. The van der Waals surface area contributed by atoms with Gasteiger partial charge in [0.1, 0.15) is 0 Å². The summed E-state index contributed by atoms with van der Waals surface area (Å²) >= 11 is 0. The maximum Gasteiger partial charge on any atom is 0.352 e. The van der Waals surface area contributed by atoms with Crippen LogP contribution >= 0.6 is 0 Å². The van der Waals surface area contributed by atoms with Gasteiger partial charge in [0.15, 0.2) is 0 Å². The molecule has 0 fully saturated rings. The molecule has 0 aromatic carbocycles. The van der Waals surface area contributed by atoms with Crippen LogP contribution in [0.2, 0.25) is 13.1 Å². The maximum atomic E-state index is 6.49. The van der Waals surface area contributed by atoms with E-state index in [-0.39, 0.29) is 0 Å². The SMILES string of the molecule is C=C[Si](C)(OCCCCCCCC)O[Si](C)(C=C)OCCCCCCCCCCCCCCCC. The van der Waals surface area contributed by atoms with E-state index in [0.717, 1.165) is 26.1 Å². The Morgan fingerprint density at radius 3 is 0.971 bits per heavy atom. The fourth-order valence-corrected chi connectivity index (χ4v) is 10.1. The Bertz CT molecular complexity index is 488. The lowest BCUT2D eigenvalue weighted by molar-refractivity contribution is 0.196. The zero-order valence-corrected chi connectivity index (χ0v) is 26.4. The summed E-state index contributed by atoms with van der Waals surface area (Å²) in [6.45, 7) is 18.3. The van der Waals surface area contributed by atoms with Gasteiger partial charge in [0.2, 0.25) is 0 Å². The quantitative estimate of drug-likeness (QED) is 0.0749. The Kier molecular flexibility index (Phi) is 24.0. The zero-order chi connectivity index (χ0) is 26.1. The minimum atomic E-state index is -2.44. The molecule has 0 spiro atoms. The first kappa shape index (κ1) is 34.8. The van der Waals surface area contributed by atoms with Crippen molar-refractivity contribution in [1.29, 1.82) is 0 Å². The lowest BCUT2D eigenvalue weighted by atomic mass is 10.0. The largest absolute Gasteiger partial charge is 0.409 e. The summed E-state index contributed by atoms with van der Waals surface area (Å²) < 4.78 is 19.0. The molecule has 0 aliphatic rings. The average Bonchev–Trinajstić information content (AvgIpc) is 2.86. The van der Waals surface area contributed by atoms with Crippen LogP contribution in [0.4, 0.5) is 0 Å². The van der Waals surface area contributed by atoms with Crippen molar-refractivity contribution in [2.45, 2.75) is 155 Å². The highest BCUT2D eigenvalue weighted by Crippen LogP contribution is 2.20. The van der Waals surface area contributed by atoms with Gasteiger partial charge in [-0.1, -0.05) is 141 Å². The van der Waals surface area contributed by atoms with Crippen LogP contribution in [0.25, 0.3) is 0 Å². The Labute approximate surface area is 223 Å². The van der Waals surface area contributed by atoms with E-state index in [9.17, 15) is 0 Å². The molecule has 0 aromatic heterocycles. The third-order valence-corrected chi connectivity index (χ3v) is 13.2.